The Kier molecular flexibility index (Phi) is 2.86. The molecule has 0 fully saturated rings. The Morgan fingerprint density at radius 3 is 2.43 bits per heavy atom. The molecule has 0 spiro atoms. The van der Waals surface area contributed by atoms with Gasteiger partial charge in [-0.15, -0.1) is 0 Å². The third kappa shape index (κ3) is 1.90. The fraction of sp³-hybridized carbons (Fsp3) is 0.200. The standard InChI is InChI=1S/C10H10O4/c1-6(11)7-3-4-8(10(12)13)9(5-7)14-2/h3-5H,1-2H3,(H,12,13). The van der Waals surface area contributed by atoms with Crippen LogP contribution in [0.1, 0.15) is 27.6 Å². The normalized spacial score (nSPS) is 9.57. The van der Waals surface area contributed by atoms with Crippen LogP contribution in [0.5, 0.6) is 5.75 Å². The summed E-state index contributed by atoms with van der Waals surface area (Å²) >= 11 is 0. The number of carboxylic acid groups (broad SMARTS) is 1. The van der Waals surface area contributed by atoms with E-state index in [0.717, 1.165) is 0 Å². The van der Waals surface area contributed by atoms with Crippen molar-refractivity contribution in [3.63, 3.8) is 0 Å². The van der Waals surface area contributed by atoms with Crippen molar-refractivity contribution in [2.24, 2.45) is 0 Å². The van der Waals surface area contributed by atoms with Crippen LogP contribution < -0.4 is 4.74 Å². The minimum Gasteiger partial charge on any atom is -0.496 e. The zero-order valence-electron chi connectivity index (χ0n) is 7.90. The van der Waals surface area contributed by atoms with Gasteiger partial charge in [0.05, 0.1) is 7.11 Å². The van der Waals surface area contributed by atoms with E-state index in [2.05, 4.69) is 0 Å². The maximum Gasteiger partial charge on any atom is 0.339 e. The molecule has 0 bridgehead atoms. The van der Waals surface area contributed by atoms with Gasteiger partial charge in [0.1, 0.15) is 11.3 Å². The number of ether oxygens (including phenoxy) is 1. The van der Waals surface area contributed by atoms with Crippen LogP contribution in [0.3, 0.4) is 0 Å². The van der Waals surface area contributed by atoms with Gasteiger partial charge in [-0.3, -0.25) is 4.79 Å². The molecule has 0 saturated heterocycles. The average molecular weight is 194 g/mol. The van der Waals surface area contributed by atoms with E-state index in [1.54, 1.807) is 0 Å². The second-order valence-corrected chi connectivity index (χ2v) is 2.78. The Morgan fingerprint density at radius 2 is 2.00 bits per heavy atom. The molecule has 0 unspecified atom stereocenters. The third-order valence-electron chi connectivity index (χ3n) is 1.84. The molecule has 0 atom stereocenters. The van der Waals surface area contributed by atoms with Gasteiger partial charge in [-0.25, -0.2) is 4.79 Å². The second-order valence-electron chi connectivity index (χ2n) is 2.78. The van der Waals surface area contributed by atoms with E-state index in [0.29, 0.717) is 5.56 Å². The maximum absolute atomic E-state index is 11.0. The summed E-state index contributed by atoms with van der Waals surface area (Å²) in [5.74, 6) is -0.998. The molecule has 0 amide bonds. The van der Waals surface area contributed by atoms with Gasteiger partial charge in [-0.05, 0) is 19.1 Å². The van der Waals surface area contributed by atoms with Gasteiger partial charge in [0.25, 0.3) is 0 Å². The average Bonchev–Trinajstić information content (AvgIpc) is 2.16. The number of rotatable bonds is 3. The summed E-state index contributed by atoms with van der Waals surface area (Å²) in [6.45, 7) is 1.41. The first-order chi connectivity index (χ1) is 6.56. The van der Waals surface area contributed by atoms with E-state index in [4.69, 9.17) is 9.84 Å². The third-order valence-corrected chi connectivity index (χ3v) is 1.84. The minimum absolute atomic E-state index is 0.0532. The van der Waals surface area contributed by atoms with E-state index in [1.807, 2.05) is 0 Å². The Balaban J connectivity index is 3.25. The highest BCUT2D eigenvalue weighted by molar-refractivity contribution is 5.97. The van der Waals surface area contributed by atoms with Gasteiger partial charge in [0.2, 0.25) is 0 Å². The van der Waals surface area contributed by atoms with E-state index in [9.17, 15) is 9.59 Å². The number of hydrogen-bond acceptors (Lipinski definition) is 3. The highest BCUT2D eigenvalue weighted by Crippen LogP contribution is 2.20. The monoisotopic (exact) mass is 194 g/mol. The van der Waals surface area contributed by atoms with Crippen molar-refractivity contribution in [3.8, 4) is 5.75 Å². The lowest BCUT2D eigenvalue weighted by atomic mass is 10.1. The van der Waals surface area contributed by atoms with Crippen LogP contribution in [-0.2, 0) is 0 Å². The molecule has 0 heterocycles. The van der Waals surface area contributed by atoms with Crippen molar-refractivity contribution in [1.82, 2.24) is 0 Å². The van der Waals surface area contributed by atoms with Gasteiger partial charge in [0.15, 0.2) is 5.78 Å². The van der Waals surface area contributed by atoms with Crippen molar-refractivity contribution < 1.29 is 19.4 Å². The number of benzene rings is 1. The number of carboxylic acids is 1. The fourth-order valence-electron chi connectivity index (χ4n) is 1.09. The first-order valence-corrected chi connectivity index (χ1v) is 3.98. The molecule has 0 saturated carbocycles. The van der Waals surface area contributed by atoms with Crippen LogP contribution in [0.15, 0.2) is 18.2 Å². The lowest BCUT2D eigenvalue weighted by molar-refractivity contribution is 0.0692. The SMILES string of the molecule is COc1cc(C(C)=O)ccc1C(=O)O. The summed E-state index contributed by atoms with van der Waals surface area (Å²) in [4.78, 5) is 21.7. The fourth-order valence-corrected chi connectivity index (χ4v) is 1.09. The number of carbonyl (C=O) groups is 2. The number of Topliss-reactive ketones (excluding diaryl/α,β-unsaturated/α-hetero) is 1. The lowest BCUT2D eigenvalue weighted by Gasteiger charge is -2.05. The van der Waals surface area contributed by atoms with E-state index in [-0.39, 0.29) is 17.1 Å². The number of hydrogen-bond donors (Lipinski definition) is 1. The van der Waals surface area contributed by atoms with Gasteiger partial charge in [-0.2, -0.15) is 0 Å². The van der Waals surface area contributed by atoms with Gasteiger partial charge >= 0.3 is 5.97 Å². The largest absolute Gasteiger partial charge is 0.496 e. The summed E-state index contributed by atoms with van der Waals surface area (Å²) in [7, 11) is 1.37. The van der Waals surface area contributed by atoms with E-state index in [1.165, 1.54) is 32.2 Å². The summed E-state index contributed by atoms with van der Waals surface area (Å²) in [5, 5.41) is 8.76. The molecule has 0 aliphatic heterocycles. The molecule has 0 aliphatic carbocycles. The molecular weight excluding hydrogens is 184 g/mol. The molecule has 1 aromatic carbocycles. The first-order valence-electron chi connectivity index (χ1n) is 3.98. The quantitative estimate of drug-likeness (QED) is 0.742. The Bertz CT molecular complexity index is 382. The van der Waals surface area contributed by atoms with Gasteiger partial charge < -0.3 is 9.84 Å². The minimum atomic E-state index is -1.07. The lowest BCUT2D eigenvalue weighted by Crippen LogP contribution is -2.02. The molecule has 1 rings (SSSR count). The molecule has 14 heavy (non-hydrogen) atoms. The zero-order chi connectivity index (χ0) is 10.7. The Labute approximate surface area is 81.1 Å². The summed E-state index contributed by atoms with van der Waals surface area (Å²) in [6, 6.07) is 4.25. The van der Waals surface area contributed by atoms with E-state index < -0.39 is 5.97 Å². The highest BCUT2D eigenvalue weighted by atomic mass is 16.5. The smallest absolute Gasteiger partial charge is 0.339 e. The van der Waals surface area contributed by atoms with Crippen molar-refractivity contribution in [2.75, 3.05) is 7.11 Å². The zero-order valence-corrected chi connectivity index (χ0v) is 7.90. The molecule has 0 radical (unpaired) electrons. The Hall–Kier alpha value is -1.84. The van der Waals surface area contributed by atoms with Gasteiger partial charge in [-0.1, -0.05) is 6.07 Å². The summed E-state index contributed by atoms with van der Waals surface area (Å²) in [5.41, 5.74) is 0.490. The van der Waals surface area contributed by atoms with Crippen molar-refractivity contribution in [1.29, 1.82) is 0 Å². The Morgan fingerprint density at radius 1 is 1.36 bits per heavy atom. The number of methoxy groups -OCH3 is 1. The molecule has 0 aromatic heterocycles. The predicted octanol–water partition coefficient (Wildman–Crippen LogP) is 1.60. The predicted molar refractivity (Wildman–Crippen MR) is 50.0 cm³/mol. The van der Waals surface area contributed by atoms with Crippen LogP contribution >= 0.6 is 0 Å². The number of ketones is 1. The second kappa shape index (κ2) is 3.91. The van der Waals surface area contributed by atoms with Crippen LogP contribution in [0.4, 0.5) is 0 Å². The first kappa shape index (κ1) is 10.2. The van der Waals surface area contributed by atoms with E-state index >= 15 is 0 Å². The van der Waals surface area contributed by atoms with Crippen molar-refractivity contribution in [3.05, 3.63) is 29.3 Å². The molecule has 1 aromatic rings. The number of aromatic carboxylic acids is 1. The molecular formula is C10H10O4. The van der Waals surface area contributed by atoms with Crippen LogP contribution in [0, 0.1) is 0 Å². The topological polar surface area (TPSA) is 63.6 Å². The van der Waals surface area contributed by atoms with Crippen LogP contribution in [0.25, 0.3) is 0 Å². The van der Waals surface area contributed by atoms with Crippen LogP contribution in [0.2, 0.25) is 0 Å². The highest BCUT2D eigenvalue weighted by Gasteiger charge is 2.12. The number of carbonyl (C=O) groups excluding carboxylic acids is 1. The van der Waals surface area contributed by atoms with Crippen LogP contribution in [-0.4, -0.2) is 24.0 Å². The summed E-state index contributed by atoms with van der Waals surface area (Å²) < 4.78 is 4.86. The molecule has 0 aliphatic rings. The molecule has 74 valence electrons. The molecule has 1 N–H and O–H groups in total. The van der Waals surface area contributed by atoms with Crippen molar-refractivity contribution in [2.45, 2.75) is 6.92 Å². The maximum atomic E-state index is 11.0. The summed E-state index contributed by atoms with van der Waals surface area (Å²) in [6.07, 6.45) is 0. The molecule has 4 heteroatoms. The van der Waals surface area contributed by atoms with Gasteiger partial charge in [0, 0.05) is 5.56 Å². The molecule has 4 nitrogen and oxygen atoms in total. The van der Waals surface area contributed by atoms with Crippen molar-refractivity contribution >= 4 is 11.8 Å².